The number of allylic oxidation sites excluding steroid dienone is 2. The molecule has 2 atom stereocenters. The molecule has 1 aliphatic carbocycles. The molecule has 1 aromatic heterocycles. The molecule has 0 fully saturated rings. The molecule has 0 spiro atoms. The second-order valence-corrected chi connectivity index (χ2v) is 9.56. The Morgan fingerprint density at radius 1 is 1.22 bits per heavy atom. The number of para-hydroxylation sites is 1. The van der Waals surface area contributed by atoms with Crippen LogP contribution in [0.25, 0.3) is 10.4 Å². The number of methoxy groups -OCH3 is 1. The fraction of sp³-hybridized carbons (Fsp3) is 0.318. The lowest BCUT2D eigenvalue weighted by molar-refractivity contribution is 0.0871. The predicted octanol–water partition coefficient (Wildman–Crippen LogP) is 3.21. The Balaban J connectivity index is 1.80. The van der Waals surface area contributed by atoms with Crippen molar-refractivity contribution >= 4 is 27.8 Å². The van der Waals surface area contributed by atoms with Crippen molar-refractivity contribution < 1.29 is 41.2 Å². The molecule has 2 aliphatic rings. The highest BCUT2D eigenvalue weighted by Gasteiger charge is 2.46. The van der Waals surface area contributed by atoms with Gasteiger partial charge in [0.25, 0.3) is 10.1 Å². The summed E-state index contributed by atoms with van der Waals surface area (Å²) in [5, 5.41) is 3.67. The number of carbonyl (C=O) groups is 3. The number of nitrogens with zero attached hydrogens (tertiary/aromatic N) is 4. The van der Waals surface area contributed by atoms with Gasteiger partial charge < -0.3 is 18.8 Å². The van der Waals surface area contributed by atoms with Crippen molar-refractivity contribution in [3.05, 3.63) is 74.6 Å². The SMILES string of the molecule is COC1=C(C)C(=O)c2c(c(COC(=O)Oc3ccccc3)c3n2C[C@@H](OS(C)(=O)=O)[C@@H]3N=[N+]=[N-])C1=O. The van der Waals surface area contributed by atoms with Gasteiger partial charge in [0, 0.05) is 21.7 Å². The summed E-state index contributed by atoms with van der Waals surface area (Å²) in [6.07, 6.45) is -1.45. The van der Waals surface area contributed by atoms with Gasteiger partial charge in [-0.15, -0.1) is 0 Å². The Morgan fingerprint density at radius 2 is 1.92 bits per heavy atom. The molecule has 2 heterocycles. The first-order valence-electron chi connectivity index (χ1n) is 10.5. The van der Waals surface area contributed by atoms with Crippen molar-refractivity contribution in [2.45, 2.75) is 32.2 Å². The number of azide groups is 1. The van der Waals surface area contributed by atoms with Crippen LogP contribution in [0.1, 0.15) is 45.1 Å². The van der Waals surface area contributed by atoms with Crippen molar-refractivity contribution in [3.8, 4) is 5.75 Å². The van der Waals surface area contributed by atoms with E-state index >= 15 is 0 Å². The molecule has 1 aromatic carbocycles. The summed E-state index contributed by atoms with van der Waals surface area (Å²) in [6.45, 7) is 0.658. The summed E-state index contributed by atoms with van der Waals surface area (Å²) in [5.74, 6) is -1.16. The van der Waals surface area contributed by atoms with Crippen molar-refractivity contribution in [1.29, 1.82) is 0 Å². The minimum Gasteiger partial charge on any atom is -0.492 e. The fourth-order valence-corrected chi connectivity index (χ4v) is 4.96. The van der Waals surface area contributed by atoms with E-state index in [0.29, 0.717) is 0 Å². The Labute approximate surface area is 204 Å². The van der Waals surface area contributed by atoms with E-state index < -0.39 is 46.6 Å². The minimum atomic E-state index is -3.98. The van der Waals surface area contributed by atoms with Crippen molar-refractivity contribution in [3.63, 3.8) is 0 Å². The molecular weight excluding hydrogens is 496 g/mol. The molecule has 188 valence electrons. The van der Waals surface area contributed by atoms with E-state index in [2.05, 4.69) is 10.0 Å². The number of aromatic nitrogens is 1. The zero-order chi connectivity index (χ0) is 26.2. The number of Topliss-reactive ketones (excluding diaryl/α,β-unsaturated/α-hetero) is 2. The Hall–Kier alpha value is -4.13. The third-order valence-corrected chi connectivity index (χ3v) is 6.29. The quantitative estimate of drug-likeness (QED) is 0.133. The van der Waals surface area contributed by atoms with Gasteiger partial charge in [-0.1, -0.05) is 23.3 Å². The fourth-order valence-electron chi connectivity index (χ4n) is 4.35. The van der Waals surface area contributed by atoms with E-state index in [1.54, 1.807) is 18.2 Å². The maximum atomic E-state index is 13.3. The summed E-state index contributed by atoms with van der Waals surface area (Å²) in [6, 6.07) is 6.85. The molecule has 0 saturated heterocycles. The number of hydrogen-bond acceptors (Lipinski definition) is 10. The topological polar surface area (TPSA) is 176 Å². The van der Waals surface area contributed by atoms with Gasteiger partial charge in [0.1, 0.15) is 30.2 Å². The molecular formula is C22H20N4O9S. The van der Waals surface area contributed by atoms with Crippen LogP contribution in [0.2, 0.25) is 0 Å². The molecule has 0 N–H and O–H groups in total. The molecule has 13 nitrogen and oxygen atoms in total. The van der Waals surface area contributed by atoms with E-state index in [9.17, 15) is 22.8 Å². The maximum Gasteiger partial charge on any atom is 0.514 e. The lowest BCUT2D eigenvalue weighted by atomic mass is 9.90. The number of rotatable bonds is 7. The molecule has 0 amide bonds. The molecule has 1 aliphatic heterocycles. The van der Waals surface area contributed by atoms with E-state index in [4.69, 9.17) is 23.9 Å². The monoisotopic (exact) mass is 516 g/mol. The van der Waals surface area contributed by atoms with E-state index in [1.807, 2.05) is 0 Å². The average Bonchev–Trinajstić information content (AvgIpc) is 3.31. The largest absolute Gasteiger partial charge is 0.514 e. The van der Waals surface area contributed by atoms with Crippen LogP contribution < -0.4 is 4.74 Å². The number of benzene rings is 1. The summed E-state index contributed by atoms with van der Waals surface area (Å²) < 4.78 is 45.6. The van der Waals surface area contributed by atoms with Gasteiger partial charge in [0.2, 0.25) is 11.6 Å². The molecule has 0 radical (unpaired) electrons. The normalized spacial score (nSPS) is 18.9. The third-order valence-electron chi connectivity index (χ3n) is 5.69. The third kappa shape index (κ3) is 4.44. The summed E-state index contributed by atoms with van der Waals surface area (Å²) in [5.41, 5.74) is 9.19. The highest BCUT2D eigenvalue weighted by atomic mass is 32.2. The molecule has 0 unspecified atom stereocenters. The molecule has 36 heavy (non-hydrogen) atoms. The highest BCUT2D eigenvalue weighted by molar-refractivity contribution is 7.86. The molecule has 4 rings (SSSR count). The lowest BCUT2D eigenvalue weighted by Gasteiger charge is -2.20. The highest BCUT2D eigenvalue weighted by Crippen LogP contribution is 2.43. The lowest BCUT2D eigenvalue weighted by Crippen LogP contribution is -2.27. The molecule has 14 heteroatoms. The summed E-state index contributed by atoms with van der Waals surface area (Å²) in [4.78, 5) is 41.6. The molecule has 2 aromatic rings. The van der Waals surface area contributed by atoms with Gasteiger partial charge in [0.05, 0.1) is 25.5 Å². The van der Waals surface area contributed by atoms with Crippen LogP contribution in [0.3, 0.4) is 0 Å². The smallest absolute Gasteiger partial charge is 0.492 e. The first kappa shape index (κ1) is 25.0. The van der Waals surface area contributed by atoms with Crippen LogP contribution in [0.15, 0.2) is 46.8 Å². The van der Waals surface area contributed by atoms with Crippen molar-refractivity contribution in [1.82, 2.24) is 4.57 Å². The minimum absolute atomic E-state index is 0.0408. The summed E-state index contributed by atoms with van der Waals surface area (Å²) in [7, 11) is -2.74. The van der Waals surface area contributed by atoms with Crippen LogP contribution in [0.4, 0.5) is 4.79 Å². The number of ketones is 2. The predicted molar refractivity (Wildman–Crippen MR) is 122 cm³/mol. The second kappa shape index (κ2) is 9.49. The van der Waals surface area contributed by atoms with E-state index in [1.165, 1.54) is 30.7 Å². The van der Waals surface area contributed by atoms with Crippen LogP contribution in [-0.4, -0.2) is 50.2 Å². The van der Waals surface area contributed by atoms with Crippen LogP contribution in [0.5, 0.6) is 5.75 Å². The molecule has 0 saturated carbocycles. The second-order valence-electron chi connectivity index (χ2n) is 7.96. The number of ether oxygens (including phenoxy) is 3. The summed E-state index contributed by atoms with van der Waals surface area (Å²) >= 11 is 0. The number of fused-ring (bicyclic) bond motifs is 3. The average molecular weight is 516 g/mol. The zero-order valence-corrected chi connectivity index (χ0v) is 20.1. The van der Waals surface area contributed by atoms with Gasteiger partial charge in [-0.2, -0.15) is 8.42 Å². The van der Waals surface area contributed by atoms with Crippen LogP contribution in [0, 0.1) is 0 Å². The first-order chi connectivity index (χ1) is 17.1. The van der Waals surface area contributed by atoms with Crippen LogP contribution >= 0.6 is 0 Å². The standard InChI is InChI=1S/C22H20N4O9S/c1-11-19(27)18-15(20(28)21(11)32-2)13(10-33-22(29)34-12-7-5-4-6-8-12)17-16(24-25-23)14(9-26(17)18)35-36(3,30)31/h4-8,14,16H,9-10H2,1-3H3/t14-,16+/m1/s1. The Bertz CT molecular complexity index is 1450. The Kier molecular flexibility index (Phi) is 6.59. The Morgan fingerprint density at radius 3 is 2.53 bits per heavy atom. The number of carbonyl (C=O) groups excluding carboxylic acids is 3. The van der Waals surface area contributed by atoms with Crippen molar-refractivity contribution in [2.24, 2.45) is 5.11 Å². The van der Waals surface area contributed by atoms with Gasteiger partial charge >= 0.3 is 6.16 Å². The van der Waals surface area contributed by atoms with Gasteiger partial charge in [-0.25, -0.2) is 4.79 Å². The van der Waals surface area contributed by atoms with E-state index in [0.717, 1.165) is 6.26 Å². The van der Waals surface area contributed by atoms with Gasteiger partial charge in [0.15, 0.2) is 5.76 Å². The maximum absolute atomic E-state index is 13.3. The zero-order valence-electron chi connectivity index (χ0n) is 19.3. The van der Waals surface area contributed by atoms with Crippen molar-refractivity contribution in [2.75, 3.05) is 13.4 Å². The van der Waals surface area contributed by atoms with Crippen LogP contribution in [-0.2, 0) is 36.9 Å². The van der Waals surface area contributed by atoms with E-state index in [-0.39, 0.29) is 46.1 Å². The van der Waals surface area contributed by atoms with Gasteiger partial charge in [-0.3, -0.25) is 13.8 Å². The first-order valence-corrected chi connectivity index (χ1v) is 12.3. The van der Waals surface area contributed by atoms with Gasteiger partial charge in [-0.05, 0) is 24.6 Å². The number of hydrogen-bond donors (Lipinski definition) is 0. The molecule has 0 bridgehead atoms.